The van der Waals surface area contributed by atoms with Crippen molar-refractivity contribution in [2.75, 3.05) is 134 Å². The largest absolute Gasteiger partial charge is 0.493 e. The van der Waals surface area contributed by atoms with E-state index < -0.39 is 58.6 Å². The third-order valence-electron chi connectivity index (χ3n) is 29.1. The Hall–Kier alpha value is -14.1. The molecule has 34 heteroatoms. The molecule has 18 rings (SSSR count). The molecule has 0 saturated carbocycles. The van der Waals surface area contributed by atoms with Crippen LogP contribution in [0.3, 0.4) is 0 Å². The summed E-state index contributed by atoms with van der Waals surface area (Å²) < 4.78 is 157. The monoisotopic (exact) mass is 1980 g/mol. The molecular formula is C109H126O34. The van der Waals surface area contributed by atoms with Crippen molar-refractivity contribution in [2.45, 2.75) is 157 Å². The molecule has 9 aromatic carbocycles. The highest BCUT2D eigenvalue weighted by Gasteiger charge is 2.53. The number of hydrogen-bond acceptors (Lipinski definition) is 34. The Morgan fingerprint density at radius 2 is 0.580 bits per heavy atom. The number of aliphatic hydroxyl groups is 4. The first-order chi connectivity index (χ1) is 68.4. The number of ether oxygens (including phenoxy) is 27. The van der Waals surface area contributed by atoms with E-state index in [9.17, 15) is 34.8 Å². The van der Waals surface area contributed by atoms with E-state index in [0.29, 0.717) is 236 Å². The summed E-state index contributed by atoms with van der Waals surface area (Å²) in [5.41, 5.74) is 7.29. The van der Waals surface area contributed by atoms with Gasteiger partial charge in [0.2, 0.25) is 80.0 Å². The van der Waals surface area contributed by atoms with Crippen LogP contribution in [0.5, 0.6) is 138 Å². The fourth-order valence-corrected chi connectivity index (χ4v) is 19.9. The SMILES string of the molecule is C/C=C(/C)C(=O)O[C@H]1c2cc(OC)c(OC)c(OC)c2-c2c(cc3c(c2OC)OCO3)CC(C)C1(C)C.C/C=C(/C)C(=O)O[C@H]1c2cc(OC)c(OC)c(OC)c2-c2c(cc3c(c2OC)OCO3)CC(C)[C@]1(C)O.COc1c2c(cc3c1-c1c(cc4c(c1OC)OCO4)[C@H](OC(=O)c1ccccc1)[C@@](C)(O)C(C)C3)OCO2.COc1cc2c(c(OC)c1OC)-c1c(cc3c(c1OC)OCO3)CC(C)[C@](C)(O)[C@H]2O. The number of carbonyl (C=O) groups excluding carboxylic acids is 3. The maximum absolute atomic E-state index is 13.3. The van der Waals surface area contributed by atoms with Gasteiger partial charge in [0.1, 0.15) is 23.4 Å². The van der Waals surface area contributed by atoms with Crippen molar-refractivity contribution in [3.05, 3.63) is 152 Å². The molecule has 143 heavy (non-hydrogen) atoms. The quantitative estimate of drug-likeness (QED) is 0.0313. The molecule has 5 aliphatic heterocycles. The highest BCUT2D eigenvalue weighted by molar-refractivity contribution is 5.96. The van der Waals surface area contributed by atoms with Crippen LogP contribution in [-0.4, -0.2) is 189 Å². The first-order valence-electron chi connectivity index (χ1n) is 46.7. The maximum atomic E-state index is 13.3. The van der Waals surface area contributed by atoms with Crippen LogP contribution in [0, 0.1) is 29.1 Å². The van der Waals surface area contributed by atoms with Crippen molar-refractivity contribution in [3.63, 3.8) is 0 Å². The van der Waals surface area contributed by atoms with Crippen LogP contribution in [0.2, 0.25) is 0 Å². The van der Waals surface area contributed by atoms with Gasteiger partial charge in [0.15, 0.2) is 104 Å². The second kappa shape index (κ2) is 41.5. The lowest BCUT2D eigenvalue weighted by atomic mass is 9.67. The summed E-state index contributed by atoms with van der Waals surface area (Å²) in [7, 11) is 21.6. The summed E-state index contributed by atoms with van der Waals surface area (Å²) in [6, 6.07) is 23.3. The lowest BCUT2D eigenvalue weighted by Crippen LogP contribution is -2.44. The lowest BCUT2D eigenvalue weighted by Gasteiger charge is -2.42. The summed E-state index contributed by atoms with van der Waals surface area (Å²) in [5.74, 6) is 8.44. The van der Waals surface area contributed by atoms with Gasteiger partial charge in [-0.2, -0.15) is 0 Å². The fraction of sp³-hybridized carbons (Fsp3) is 0.440. The second-order valence-electron chi connectivity index (χ2n) is 37.1. The highest BCUT2D eigenvalue weighted by Crippen LogP contribution is 2.67. The van der Waals surface area contributed by atoms with E-state index in [1.54, 1.807) is 146 Å². The van der Waals surface area contributed by atoms with Crippen LogP contribution in [0.15, 0.2) is 102 Å². The predicted molar refractivity (Wildman–Crippen MR) is 523 cm³/mol. The van der Waals surface area contributed by atoms with Gasteiger partial charge >= 0.3 is 17.9 Å². The topological polar surface area (TPSA) is 381 Å². The standard InChI is InChI=1S/C29H28O9.C29H36O8.C28H34O9.C23H28O8/c1-15-10-17-11-19-23(36-13-34-19)25(32-3)21(17)22-18(12-20-24(26(22)33-4)37-14-35-20)27(29(15,2)31)38-28(30)16-8-6-5-7-9-16;1-10-15(2)28(30)37-27-18-13-19(31-6)23(32-7)26(34-9)22(18)21-17(11-16(3)29(27,4)5)12-20-24(25(21)33-8)36-14-35-20;1-9-14(2)27(29)37-26-17-12-18(31-5)22(32-6)25(34-8)21(17)20-16(10-15(3)28(26,4)30)11-19-23(24(20)33-7)36-13-35-19;1-11-7-12-8-15-19(31-10-30-15)20(28-5)16(12)17-13(22(24)23(11,2)25)9-14(26-3)18(27-4)21(17)29-6/h5-9,11-12,15,27,31H,10,13-14H2,1-4H3;10,12-13,16,27H,11,14H2,1-9H3;9,11-12,15,26,30H,10,13H2,1-8H3;8-9,11,22,24-25H,7,10H2,1-6H3/b;15-10-;14-9-;/t15?,27-,29-;16?,27-;15?,26-,28-;11?,22-,23-/m0000/s1. The summed E-state index contributed by atoms with van der Waals surface area (Å²) >= 11 is 0. The van der Waals surface area contributed by atoms with Gasteiger partial charge < -0.3 is 148 Å². The van der Waals surface area contributed by atoms with Crippen LogP contribution < -0.4 is 114 Å². The van der Waals surface area contributed by atoms with Gasteiger partial charge in [-0.05, 0) is 186 Å². The normalized spacial score (nSPS) is 22.0. The zero-order valence-corrected chi connectivity index (χ0v) is 85.7. The number of carbonyl (C=O) groups is 3. The van der Waals surface area contributed by atoms with E-state index in [0.717, 1.165) is 33.4 Å². The Bertz CT molecular complexity index is 6250. The van der Waals surface area contributed by atoms with E-state index in [2.05, 4.69) is 20.8 Å². The van der Waals surface area contributed by atoms with Gasteiger partial charge in [0.25, 0.3) is 0 Å². The van der Waals surface area contributed by atoms with E-state index in [1.807, 2.05) is 64.1 Å². The first kappa shape index (κ1) is 103. The van der Waals surface area contributed by atoms with Gasteiger partial charge in [-0.1, -0.05) is 71.9 Å². The van der Waals surface area contributed by atoms with Crippen LogP contribution in [0.4, 0.5) is 0 Å². The van der Waals surface area contributed by atoms with E-state index >= 15 is 0 Å². The smallest absolute Gasteiger partial charge is 0.338 e. The van der Waals surface area contributed by atoms with E-state index in [1.165, 1.54) is 49.8 Å². The van der Waals surface area contributed by atoms with Crippen LogP contribution >= 0.6 is 0 Å². The molecule has 0 fully saturated rings. The number of aliphatic hydroxyl groups excluding tert-OH is 1. The molecule has 0 radical (unpaired) electrons. The minimum absolute atomic E-state index is 0.000975. The van der Waals surface area contributed by atoms with Gasteiger partial charge in [0.05, 0.1) is 111 Å². The number of methoxy groups -OCH3 is 14. The van der Waals surface area contributed by atoms with Gasteiger partial charge in [-0.3, -0.25) is 0 Å². The Morgan fingerprint density at radius 1 is 0.315 bits per heavy atom. The van der Waals surface area contributed by atoms with Crippen molar-refractivity contribution in [1.82, 2.24) is 0 Å². The van der Waals surface area contributed by atoms with Crippen molar-refractivity contribution in [3.8, 4) is 182 Å². The first-order valence-corrected chi connectivity index (χ1v) is 46.7. The zero-order valence-electron chi connectivity index (χ0n) is 85.7. The van der Waals surface area contributed by atoms with Gasteiger partial charge in [-0.25, -0.2) is 14.4 Å². The van der Waals surface area contributed by atoms with E-state index in [-0.39, 0.29) is 63.6 Å². The molecule has 0 amide bonds. The minimum Gasteiger partial charge on any atom is -0.493 e. The average molecular weight is 1980 g/mol. The third-order valence-corrected chi connectivity index (χ3v) is 29.1. The summed E-state index contributed by atoms with van der Waals surface area (Å²) in [6.07, 6.45) is 1.34. The number of hydrogen-bond donors (Lipinski definition) is 4. The molecule has 11 atom stereocenters. The molecule has 0 bridgehead atoms. The molecule has 4 N–H and O–H groups in total. The molecule has 34 nitrogen and oxygen atoms in total. The third kappa shape index (κ3) is 18.0. The fourth-order valence-electron chi connectivity index (χ4n) is 19.9. The number of fused-ring (bicyclic) bond motifs is 17. The van der Waals surface area contributed by atoms with E-state index in [4.69, 9.17) is 128 Å². The average Bonchev–Trinajstić information content (AvgIpc) is 1.53. The van der Waals surface area contributed by atoms with Crippen LogP contribution in [0.1, 0.15) is 169 Å². The molecule has 9 aromatic rings. The van der Waals surface area contributed by atoms with Gasteiger partial charge in [0, 0.05) is 77.8 Å². The number of allylic oxidation sites excluding steroid dienone is 2. The Balaban J connectivity index is 0.000000144. The number of esters is 3. The Kier molecular flexibility index (Phi) is 29.9. The molecule has 766 valence electrons. The van der Waals surface area contributed by atoms with Crippen LogP contribution in [-0.2, 0) is 49.5 Å². The molecular weight excluding hydrogens is 1850 g/mol. The second-order valence-corrected chi connectivity index (χ2v) is 37.1. The molecule has 4 aliphatic carbocycles. The van der Waals surface area contributed by atoms with Crippen molar-refractivity contribution in [1.29, 1.82) is 0 Å². The summed E-state index contributed by atoms with van der Waals surface area (Å²) in [6.45, 7) is 24.4. The zero-order chi connectivity index (χ0) is 103. The maximum Gasteiger partial charge on any atom is 0.338 e. The summed E-state index contributed by atoms with van der Waals surface area (Å²) in [5, 5.41) is 46.7. The molecule has 4 unspecified atom stereocenters. The van der Waals surface area contributed by atoms with Crippen molar-refractivity contribution >= 4 is 17.9 Å². The Labute approximate surface area is 830 Å². The van der Waals surface area contributed by atoms with Crippen molar-refractivity contribution in [2.24, 2.45) is 29.1 Å². The molecule has 0 spiro atoms. The van der Waals surface area contributed by atoms with Gasteiger partial charge in [-0.15, -0.1) is 0 Å². The highest BCUT2D eigenvalue weighted by atomic mass is 16.7. The predicted octanol–water partition coefficient (Wildman–Crippen LogP) is 18.3. The molecule has 9 aliphatic rings. The molecule has 0 saturated heterocycles. The van der Waals surface area contributed by atoms with Crippen LogP contribution in [0.25, 0.3) is 44.5 Å². The Morgan fingerprint density at radius 3 is 0.902 bits per heavy atom. The summed E-state index contributed by atoms with van der Waals surface area (Å²) in [4.78, 5) is 39.6. The number of rotatable bonds is 20. The number of benzene rings is 9. The van der Waals surface area contributed by atoms with Crippen molar-refractivity contribution < 1.29 is 163 Å². The minimum atomic E-state index is -1.49. The lowest BCUT2D eigenvalue weighted by molar-refractivity contribution is -0.167. The molecule has 5 heterocycles. The molecule has 0 aromatic heterocycles.